The van der Waals surface area contributed by atoms with Gasteiger partial charge in [0.2, 0.25) is 0 Å². The molecule has 0 radical (unpaired) electrons. The van der Waals surface area contributed by atoms with Crippen LogP contribution in [0.15, 0.2) is 161 Å². The van der Waals surface area contributed by atoms with Gasteiger partial charge in [-0.05, 0) is 122 Å². The molecule has 56 heavy (non-hydrogen) atoms. The van der Waals surface area contributed by atoms with Crippen LogP contribution in [0.2, 0.25) is 0 Å². The summed E-state index contributed by atoms with van der Waals surface area (Å²) in [6, 6.07) is 34.1. The van der Waals surface area contributed by atoms with E-state index in [1.54, 1.807) is 5.56 Å². The minimum absolute atomic E-state index is 0.0877. The van der Waals surface area contributed by atoms with Gasteiger partial charge in [0.05, 0.1) is 5.52 Å². The molecule has 0 saturated carbocycles. The summed E-state index contributed by atoms with van der Waals surface area (Å²) in [6.07, 6.45) is 26.2. The van der Waals surface area contributed by atoms with Gasteiger partial charge in [0.15, 0.2) is 0 Å². The largest absolute Gasteiger partial charge is 0.338 e. The first-order valence-electron chi connectivity index (χ1n) is 20.7. The van der Waals surface area contributed by atoms with Crippen LogP contribution in [0.1, 0.15) is 91.8 Å². The first kappa shape index (κ1) is 34.0. The molecule has 5 aliphatic carbocycles. The highest BCUT2D eigenvalue weighted by Gasteiger charge is 2.46. The molecular weight excluding hydrogens is 697 g/mol. The van der Waals surface area contributed by atoms with E-state index in [-0.39, 0.29) is 10.8 Å². The Labute approximate surface area is 336 Å². The third-order valence-electron chi connectivity index (χ3n) is 13.7. The van der Waals surface area contributed by atoms with E-state index < -0.39 is 0 Å². The van der Waals surface area contributed by atoms with Gasteiger partial charge in [-0.2, -0.15) is 0 Å². The SMILES string of the molecule is Cc1c(/C=C\C(C)N(C2=C3C(=CCC2)C2=C4C=CC=CC4C(C)c4cccc3c42)c2cccc3c2C2CCC=CC2(C)S3)c2ccccc2n1-c1ccccc1. The number of allylic oxidation sites excluding steroid dienone is 11. The van der Waals surface area contributed by atoms with Gasteiger partial charge in [0, 0.05) is 66.8 Å². The number of para-hydroxylation sites is 2. The molecule has 2 heterocycles. The number of benzene rings is 4. The quantitative estimate of drug-likeness (QED) is 0.160. The van der Waals surface area contributed by atoms with Crippen LogP contribution in [-0.4, -0.2) is 15.4 Å². The average Bonchev–Trinajstić information content (AvgIpc) is 3.84. The summed E-state index contributed by atoms with van der Waals surface area (Å²) < 4.78 is 2.51. The second kappa shape index (κ2) is 12.9. The number of fused-ring (bicyclic) bond motifs is 8. The summed E-state index contributed by atoms with van der Waals surface area (Å²) in [6.45, 7) is 9.62. The van der Waals surface area contributed by atoms with E-state index in [0.717, 1.165) is 19.3 Å². The smallest absolute Gasteiger partial charge is 0.0537 e. The van der Waals surface area contributed by atoms with E-state index in [1.807, 2.05) is 0 Å². The Morgan fingerprint density at radius 1 is 0.911 bits per heavy atom. The number of rotatable bonds is 6. The summed E-state index contributed by atoms with van der Waals surface area (Å²) in [4.78, 5) is 4.24. The molecule has 0 bridgehead atoms. The number of thioether (sulfide) groups is 1. The van der Waals surface area contributed by atoms with Gasteiger partial charge in [-0.1, -0.05) is 122 Å². The topological polar surface area (TPSA) is 8.17 Å². The van der Waals surface area contributed by atoms with Crippen molar-refractivity contribution < 1.29 is 0 Å². The van der Waals surface area contributed by atoms with Crippen molar-refractivity contribution in [2.24, 2.45) is 5.92 Å². The number of anilines is 1. The van der Waals surface area contributed by atoms with Crippen molar-refractivity contribution in [2.75, 3.05) is 4.90 Å². The first-order valence-corrected chi connectivity index (χ1v) is 21.5. The second-order valence-electron chi connectivity index (χ2n) is 16.8. The highest BCUT2D eigenvalue weighted by atomic mass is 32.2. The molecule has 5 unspecified atom stereocenters. The second-order valence-corrected chi connectivity index (χ2v) is 18.3. The lowest BCUT2D eigenvalue weighted by molar-refractivity contribution is 0.536. The van der Waals surface area contributed by atoms with E-state index in [9.17, 15) is 0 Å². The molecular formula is C53H48N2S. The van der Waals surface area contributed by atoms with E-state index in [1.165, 1.54) is 89.5 Å². The van der Waals surface area contributed by atoms with Crippen LogP contribution in [0.3, 0.4) is 0 Å². The molecule has 2 nitrogen and oxygen atoms in total. The fraction of sp³-hybridized carbons (Fsp3) is 0.245. The van der Waals surface area contributed by atoms with Crippen molar-refractivity contribution >= 4 is 45.6 Å². The minimum atomic E-state index is 0.0877. The zero-order valence-electron chi connectivity index (χ0n) is 32.8. The summed E-state index contributed by atoms with van der Waals surface area (Å²) in [7, 11) is 0. The van der Waals surface area contributed by atoms with Gasteiger partial charge in [-0.25, -0.2) is 0 Å². The monoisotopic (exact) mass is 744 g/mol. The minimum Gasteiger partial charge on any atom is -0.338 e. The van der Waals surface area contributed by atoms with Crippen molar-refractivity contribution in [3.63, 3.8) is 0 Å². The Kier molecular flexibility index (Phi) is 7.84. The van der Waals surface area contributed by atoms with Crippen molar-refractivity contribution in [3.8, 4) is 5.69 Å². The molecule has 0 N–H and O–H groups in total. The lowest BCUT2D eigenvalue weighted by Crippen LogP contribution is -2.34. The van der Waals surface area contributed by atoms with Gasteiger partial charge in [-0.3, -0.25) is 0 Å². The molecule has 11 rings (SSSR count). The number of hydrogen-bond acceptors (Lipinski definition) is 2. The van der Waals surface area contributed by atoms with E-state index >= 15 is 0 Å². The van der Waals surface area contributed by atoms with Crippen molar-refractivity contribution in [2.45, 2.75) is 80.9 Å². The molecule has 4 aromatic carbocycles. The highest BCUT2D eigenvalue weighted by molar-refractivity contribution is 8.01. The third kappa shape index (κ3) is 4.89. The maximum atomic E-state index is 2.79. The molecule has 0 fully saturated rings. The van der Waals surface area contributed by atoms with Crippen LogP contribution in [0.5, 0.6) is 0 Å². The van der Waals surface area contributed by atoms with Gasteiger partial charge in [0.1, 0.15) is 0 Å². The summed E-state index contributed by atoms with van der Waals surface area (Å²) >= 11 is 2.08. The molecule has 1 aromatic heterocycles. The van der Waals surface area contributed by atoms with Gasteiger partial charge >= 0.3 is 0 Å². The van der Waals surface area contributed by atoms with Crippen molar-refractivity contribution in [3.05, 3.63) is 190 Å². The Balaban J connectivity index is 1.12. The maximum Gasteiger partial charge on any atom is 0.0537 e. The highest BCUT2D eigenvalue weighted by Crippen LogP contribution is 2.62. The Morgan fingerprint density at radius 2 is 1.75 bits per heavy atom. The Morgan fingerprint density at radius 3 is 2.64 bits per heavy atom. The molecule has 6 aliphatic rings. The van der Waals surface area contributed by atoms with E-state index in [4.69, 9.17) is 0 Å². The number of aromatic nitrogens is 1. The fourth-order valence-corrected chi connectivity index (χ4v) is 12.7. The summed E-state index contributed by atoms with van der Waals surface area (Å²) in [5.74, 6) is 1.34. The van der Waals surface area contributed by atoms with Gasteiger partial charge in [-0.15, -0.1) is 11.8 Å². The maximum absolute atomic E-state index is 2.79. The normalized spacial score (nSPS) is 24.6. The zero-order valence-corrected chi connectivity index (χ0v) is 33.6. The van der Waals surface area contributed by atoms with E-state index in [2.05, 4.69) is 195 Å². The van der Waals surface area contributed by atoms with Crippen molar-refractivity contribution in [1.82, 2.24) is 4.57 Å². The zero-order chi connectivity index (χ0) is 37.7. The van der Waals surface area contributed by atoms with Crippen LogP contribution in [0.25, 0.3) is 33.8 Å². The molecule has 5 aromatic rings. The molecule has 276 valence electrons. The Hall–Kier alpha value is -5.25. The third-order valence-corrected chi connectivity index (χ3v) is 15.1. The molecule has 5 atom stereocenters. The van der Waals surface area contributed by atoms with Gasteiger partial charge < -0.3 is 9.47 Å². The van der Waals surface area contributed by atoms with Crippen LogP contribution < -0.4 is 4.90 Å². The molecule has 1 aliphatic heterocycles. The van der Waals surface area contributed by atoms with Gasteiger partial charge in [0.25, 0.3) is 0 Å². The lowest BCUT2D eigenvalue weighted by atomic mass is 9.70. The molecule has 0 saturated heterocycles. The van der Waals surface area contributed by atoms with Crippen LogP contribution >= 0.6 is 11.8 Å². The molecule has 0 amide bonds. The van der Waals surface area contributed by atoms with Crippen LogP contribution in [0, 0.1) is 12.8 Å². The molecule has 3 heteroatoms. The predicted molar refractivity (Wildman–Crippen MR) is 239 cm³/mol. The van der Waals surface area contributed by atoms with Crippen molar-refractivity contribution in [1.29, 1.82) is 0 Å². The first-order chi connectivity index (χ1) is 27.4. The number of nitrogens with zero attached hydrogens (tertiary/aromatic N) is 2. The summed E-state index contributed by atoms with van der Waals surface area (Å²) in [5, 5.41) is 1.29. The number of hydrogen-bond donors (Lipinski definition) is 0. The summed E-state index contributed by atoms with van der Waals surface area (Å²) in [5.41, 5.74) is 19.7. The van der Waals surface area contributed by atoms with Crippen LogP contribution in [-0.2, 0) is 0 Å². The predicted octanol–water partition coefficient (Wildman–Crippen LogP) is 13.9. The fourth-order valence-electron chi connectivity index (χ4n) is 11.2. The van der Waals surface area contributed by atoms with Crippen LogP contribution in [0.4, 0.5) is 5.69 Å². The average molecular weight is 745 g/mol. The lowest BCUT2D eigenvalue weighted by Gasteiger charge is -2.38. The molecule has 0 spiro atoms. The standard InChI is InChI=1S/C53H48N2S/c1-33(30-31-39-35(3)55(36-17-6-5-7-18-36)45-26-11-10-20-40(39)45)54(47-28-16-29-48-52(47)44-25-12-13-32-53(44,4)56-48)46-27-15-24-43-49(46)42-23-14-22-38-34(2)37-19-8-9-21-41(37)51(43)50(38)42/h5-11,13-14,16-24,26,28-34,37,44H,12,15,25,27H2,1-4H3/b31-30-. The Bertz CT molecular complexity index is 2690. The van der Waals surface area contributed by atoms with E-state index in [0.29, 0.717) is 17.8 Å².